The van der Waals surface area contributed by atoms with E-state index in [1.165, 1.54) is 12.1 Å². The quantitative estimate of drug-likeness (QED) is 0.928. The van der Waals surface area contributed by atoms with Crippen LogP contribution in [0.2, 0.25) is 5.02 Å². The van der Waals surface area contributed by atoms with Crippen molar-refractivity contribution in [2.45, 2.75) is 6.92 Å². The lowest BCUT2D eigenvalue weighted by Gasteiger charge is -2.06. The van der Waals surface area contributed by atoms with Gasteiger partial charge < -0.3 is 9.84 Å². The number of carboxylic acid groups (broad SMARTS) is 1. The first-order valence-electron chi connectivity index (χ1n) is 5.18. The first kappa shape index (κ1) is 12.4. The molecule has 0 amide bonds. The molecule has 1 heterocycles. The van der Waals surface area contributed by atoms with Crippen LogP contribution in [0.25, 0.3) is 0 Å². The van der Waals surface area contributed by atoms with Crippen molar-refractivity contribution in [3.8, 4) is 11.6 Å². The first-order chi connectivity index (χ1) is 8.47. The molecule has 2 rings (SSSR count). The molecule has 1 aromatic heterocycles. The minimum atomic E-state index is -1.07. The summed E-state index contributed by atoms with van der Waals surface area (Å²) in [6.07, 6.45) is 0. The number of ether oxygens (including phenoxy) is 1. The molecule has 0 saturated carbocycles. The monoisotopic (exact) mass is 266 g/mol. The van der Waals surface area contributed by atoms with Gasteiger partial charge in [0.15, 0.2) is 0 Å². The smallest absolute Gasteiger partial charge is 0.337 e. The lowest BCUT2D eigenvalue weighted by Crippen LogP contribution is -1.98. The molecular weight excluding hydrogens is 256 g/mol. The van der Waals surface area contributed by atoms with Crippen LogP contribution in [-0.2, 0) is 7.05 Å². The van der Waals surface area contributed by atoms with Crippen LogP contribution in [0, 0.1) is 6.92 Å². The van der Waals surface area contributed by atoms with Crippen LogP contribution < -0.4 is 4.74 Å². The van der Waals surface area contributed by atoms with Crippen molar-refractivity contribution < 1.29 is 14.6 Å². The molecule has 0 aliphatic carbocycles. The molecule has 0 atom stereocenters. The van der Waals surface area contributed by atoms with E-state index in [-0.39, 0.29) is 10.6 Å². The fourth-order valence-corrected chi connectivity index (χ4v) is 1.79. The van der Waals surface area contributed by atoms with Gasteiger partial charge in [0.1, 0.15) is 5.75 Å². The maximum atomic E-state index is 10.8. The fraction of sp³-hybridized carbons (Fsp3) is 0.167. The minimum Gasteiger partial charge on any atom is -0.478 e. The topological polar surface area (TPSA) is 64.3 Å². The van der Waals surface area contributed by atoms with Crippen LogP contribution in [0.3, 0.4) is 0 Å². The Hall–Kier alpha value is -2.01. The van der Waals surface area contributed by atoms with Crippen LogP contribution in [-0.4, -0.2) is 20.9 Å². The Morgan fingerprint density at radius 3 is 2.67 bits per heavy atom. The van der Waals surface area contributed by atoms with E-state index in [1.807, 2.05) is 6.92 Å². The molecule has 1 aromatic carbocycles. The Morgan fingerprint density at radius 1 is 1.44 bits per heavy atom. The van der Waals surface area contributed by atoms with Gasteiger partial charge in [0.2, 0.25) is 5.88 Å². The van der Waals surface area contributed by atoms with Crippen LogP contribution >= 0.6 is 11.6 Å². The van der Waals surface area contributed by atoms with Gasteiger partial charge in [-0.1, -0.05) is 11.6 Å². The number of carboxylic acids is 1. The first-order valence-corrected chi connectivity index (χ1v) is 5.56. The summed E-state index contributed by atoms with van der Waals surface area (Å²) in [5, 5.41) is 13.1. The van der Waals surface area contributed by atoms with Crippen molar-refractivity contribution in [1.82, 2.24) is 9.78 Å². The SMILES string of the molecule is Cc1cc(Oc2ccc(C(=O)O)c(Cl)c2)n(C)n1. The van der Waals surface area contributed by atoms with E-state index >= 15 is 0 Å². The highest BCUT2D eigenvalue weighted by molar-refractivity contribution is 6.33. The number of aromatic nitrogens is 2. The molecule has 94 valence electrons. The summed E-state index contributed by atoms with van der Waals surface area (Å²) in [6.45, 7) is 1.85. The summed E-state index contributed by atoms with van der Waals surface area (Å²) in [7, 11) is 1.76. The molecule has 1 N–H and O–H groups in total. The molecule has 5 nitrogen and oxygen atoms in total. The summed E-state index contributed by atoms with van der Waals surface area (Å²) in [6, 6.07) is 6.20. The number of halogens is 1. The zero-order chi connectivity index (χ0) is 13.3. The molecule has 6 heteroatoms. The average molecular weight is 267 g/mol. The van der Waals surface area contributed by atoms with Gasteiger partial charge in [-0.05, 0) is 19.1 Å². The Morgan fingerprint density at radius 2 is 2.17 bits per heavy atom. The number of benzene rings is 1. The summed E-state index contributed by atoms with van der Waals surface area (Å²) < 4.78 is 7.16. The lowest BCUT2D eigenvalue weighted by atomic mass is 10.2. The molecule has 0 unspecified atom stereocenters. The predicted octanol–water partition coefficient (Wildman–Crippen LogP) is 2.87. The Kier molecular flexibility index (Phi) is 3.25. The zero-order valence-corrected chi connectivity index (χ0v) is 10.6. The number of rotatable bonds is 3. The standard InChI is InChI=1S/C12H11ClN2O3/c1-7-5-11(15(2)14-7)18-8-3-4-9(12(16)17)10(13)6-8/h3-6H,1-2H3,(H,16,17). The summed E-state index contributed by atoms with van der Waals surface area (Å²) >= 11 is 5.85. The van der Waals surface area contributed by atoms with Gasteiger partial charge in [0.25, 0.3) is 0 Å². The van der Waals surface area contributed by atoms with Crippen molar-refractivity contribution in [3.05, 3.63) is 40.5 Å². The molecule has 0 saturated heterocycles. The van der Waals surface area contributed by atoms with Crippen molar-refractivity contribution in [2.24, 2.45) is 7.05 Å². The normalized spacial score (nSPS) is 10.4. The molecule has 0 bridgehead atoms. The van der Waals surface area contributed by atoms with E-state index in [9.17, 15) is 4.79 Å². The summed E-state index contributed by atoms with van der Waals surface area (Å²) in [5.41, 5.74) is 0.881. The molecule has 0 aliphatic heterocycles. The van der Waals surface area contributed by atoms with E-state index in [0.717, 1.165) is 5.69 Å². The third-order valence-corrected chi connectivity index (χ3v) is 2.67. The largest absolute Gasteiger partial charge is 0.478 e. The fourth-order valence-electron chi connectivity index (χ4n) is 1.54. The van der Waals surface area contributed by atoms with Gasteiger partial charge in [-0.25, -0.2) is 9.48 Å². The van der Waals surface area contributed by atoms with E-state index in [0.29, 0.717) is 11.6 Å². The predicted molar refractivity (Wildman–Crippen MR) is 66.4 cm³/mol. The summed E-state index contributed by atoms with van der Waals surface area (Å²) in [4.78, 5) is 10.8. The molecule has 0 aliphatic rings. The summed E-state index contributed by atoms with van der Waals surface area (Å²) in [5.74, 6) is -0.0393. The lowest BCUT2D eigenvalue weighted by molar-refractivity contribution is 0.0697. The van der Waals surface area contributed by atoms with Crippen molar-refractivity contribution >= 4 is 17.6 Å². The molecule has 18 heavy (non-hydrogen) atoms. The highest BCUT2D eigenvalue weighted by atomic mass is 35.5. The second-order valence-electron chi connectivity index (χ2n) is 3.80. The van der Waals surface area contributed by atoms with Crippen LogP contribution in [0.15, 0.2) is 24.3 Å². The average Bonchev–Trinajstić information content (AvgIpc) is 2.57. The van der Waals surface area contributed by atoms with Crippen LogP contribution in [0.1, 0.15) is 16.1 Å². The maximum absolute atomic E-state index is 10.8. The van der Waals surface area contributed by atoms with Gasteiger partial charge in [0, 0.05) is 19.2 Å². The minimum absolute atomic E-state index is 0.0465. The molecular formula is C12H11ClN2O3. The second-order valence-corrected chi connectivity index (χ2v) is 4.20. The molecule has 2 aromatic rings. The third-order valence-electron chi connectivity index (χ3n) is 2.35. The molecule has 0 spiro atoms. The van der Waals surface area contributed by atoms with Gasteiger partial charge in [-0.3, -0.25) is 0 Å². The number of hydrogen-bond acceptors (Lipinski definition) is 3. The third kappa shape index (κ3) is 2.46. The number of aryl methyl sites for hydroxylation is 2. The van der Waals surface area contributed by atoms with E-state index in [4.69, 9.17) is 21.4 Å². The van der Waals surface area contributed by atoms with Crippen LogP contribution in [0.5, 0.6) is 11.6 Å². The van der Waals surface area contributed by atoms with Crippen molar-refractivity contribution in [2.75, 3.05) is 0 Å². The van der Waals surface area contributed by atoms with E-state index in [1.54, 1.807) is 23.9 Å². The Bertz CT molecular complexity index is 607. The van der Waals surface area contributed by atoms with Gasteiger partial charge in [0.05, 0.1) is 16.3 Å². The second kappa shape index (κ2) is 4.70. The number of hydrogen-bond donors (Lipinski definition) is 1. The highest BCUT2D eigenvalue weighted by Crippen LogP contribution is 2.26. The van der Waals surface area contributed by atoms with Crippen LogP contribution in [0.4, 0.5) is 0 Å². The van der Waals surface area contributed by atoms with Gasteiger partial charge in [-0.2, -0.15) is 5.10 Å². The van der Waals surface area contributed by atoms with Gasteiger partial charge in [-0.15, -0.1) is 0 Å². The highest BCUT2D eigenvalue weighted by Gasteiger charge is 2.11. The number of carbonyl (C=O) groups is 1. The van der Waals surface area contributed by atoms with Gasteiger partial charge >= 0.3 is 5.97 Å². The Labute approximate surface area is 109 Å². The molecule has 0 fully saturated rings. The number of aromatic carboxylic acids is 1. The molecule has 0 radical (unpaired) electrons. The van der Waals surface area contributed by atoms with Crippen molar-refractivity contribution in [3.63, 3.8) is 0 Å². The van der Waals surface area contributed by atoms with E-state index < -0.39 is 5.97 Å². The van der Waals surface area contributed by atoms with Crippen molar-refractivity contribution in [1.29, 1.82) is 0 Å². The zero-order valence-electron chi connectivity index (χ0n) is 9.85. The van der Waals surface area contributed by atoms with E-state index in [2.05, 4.69) is 5.10 Å². The maximum Gasteiger partial charge on any atom is 0.337 e. The Balaban J connectivity index is 2.28. The number of nitrogens with zero attached hydrogens (tertiary/aromatic N) is 2.